The van der Waals surface area contributed by atoms with E-state index in [1.54, 1.807) is 26.8 Å². The third kappa shape index (κ3) is 4.15. The molecule has 0 aromatic heterocycles. The molecule has 0 atom stereocenters. The second-order valence-electron chi connectivity index (χ2n) is 6.83. The summed E-state index contributed by atoms with van der Waals surface area (Å²) in [5, 5.41) is 12.3. The Balaban J connectivity index is 1.97. The number of halogens is 2. The number of carboxylic acids is 1. The molecule has 1 aliphatic heterocycles. The van der Waals surface area contributed by atoms with Crippen molar-refractivity contribution < 1.29 is 23.8 Å². The van der Waals surface area contributed by atoms with E-state index >= 15 is 0 Å². The second-order valence-corrected chi connectivity index (χ2v) is 7.23. The molecule has 1 aromatic carbocycles. The Bertz CT molecular complexity index is 654. The number of hydrogen-bond donors (Lipinski definition) is 2. The largest absolute Gasteiger partial charge is 0.480 e. The zero-order chi connectivity index (χ0) is 18.1. The molecule has 0 spiro atoms. The number of hydrogen-bond acceptors (Lipinski definition) is 4. The van der Waals surface area contributed by atoms with Crippen LogP contribution < -0.4 is 5.32 Å². The Hall–Kier alpha value is -1.86. The molecule has 0 bridgehead atoms. The Morgan fingerprint density at radius 3 is 2.54 bits per heavy atom. The fraction of sp³-hybridized carbons (Fsp3) is 0.500. The summed E-state index contributed by atoms with van der Waals surface area (Å²) in [7, 11) is 0. The maximum atomic E-state index is 13.4. The molecule has 1 aliphatic rings. The predicted octanol–water partition coefficient (Wildman–Crippen LogP) is 2.64. The Labute approximate surface area is 144 Å². The summed E-state index contributed by atoms with van der Waals surface area (Å²) in [6.07, 6.45) is -0.557. The van der Waals surface area contributed by atoms with Crippen molar-refractivity contribution in [3.8, 4) is 0 Å². The lowest BCUT2D eigenvalue weighted by molar-refractivity contribution is -0.152. The molecule has 1 saturated heterocycles. The van der Waals surface area contributed by atoms with Gasteiger partial charge < -0.3 is 14.7 Å². The van der Waals surface area contributed by atoms with Crippen LogP contribution in [0.2, 0.25) is 5.02 Å². The standard InChI is InChI=1S/C16H20ClFN2O4/c1-15(2,3)24-14(23)20-8-16(9-20,13(21)22)19-7-10-4-5-11(17)12(18)6-10/h4-6,19H,7-9H2,1-3H3,(H,21,22). The molecule has 6 nitrogen and oxygen atoms in total. The van der Waals surface area contributed by atoms with Crippen molar-refractivity contribution in [2.75, 3.05) is 13.1 Å². The van der Waals surface area contributed by atoms with Gasteiger partial charge in [0.15, 0.2) is 5.54 Å². The minimum Gasteiger partial charge on any atom is -0.480 e. The van der Waals surface area contributed by atoms with E-state index in [-0.39, 0.29) is 24.7 Å². The maximum absolute atomic E-state index is 13.4. The highest BCUT2D eigenvalue weighted by atomic mass is 35.5. The molecule has 0 unspecified atom stereocenters. The zero-order valence-electron chi connectivity index (χ0n) is 13.7. The first-order valence-corrected chi connectivity index (χ1v) is 7.80. The second kappa shape index (κ2) is 6.57. The van der Waals surface area contributed by atoms with Crippen molar-refractivity contribution in [2.45, 2.75) is 38.5 Å². The average Bonchev–Trinajstić information content (AvgIpc) is 2.38. The van der Waals surface area contributed by atoms with Crippen molar-refractivity contribution in [1.82, 2.24) is 10.2 Å². The SMILES string of the molecule is CC(C)(C)OC(=O)N1CC(NCc2ccc(Cl)c(F)c2)(C(=O)O)C1. The summed E-state index contributed by atoms with van der Waals surface area (Å²) in [4.78, 5) is 24.8. The fourth-order valence-corrected chi connectivity index (χ4v) is 2.42. The molecule has 132 valence electrons. The van der Waals surface area contributed by atoms with Crippen molar-refractivity contribution in [2.24, 2.45) is 0 Å². The lowest BCUT2D eigenvalue weighted by Gasteiger charge is -2.47. The number of likely N-dealkylation sites (tertiary alicyclic amines) is 1. The van der Waals surface area contributed by atoms with Crippen molar-refractivity contribution in [3.05, 3.63) is 34.6 Å². The van der Waals surface area contributed by atoms with E-state index < -0.39 is 29.0 Å². The molecular weight excluding hydrogens is 339 g/mol. The van der Waals surface area contributed by atoms with Gasteiger partial charge in [0.25, 0.3) is 0 Å². The van der Waals surface area contributed by atoms with Gasteiger partial charge in [0.2, 0.25) is 0 Å². The van der Waals surface area contributed by atoms with E-state index in [1.165, 1.54) is 17.0 Å². The first-order valence-electron chi connectivity index (χ1n) is 7.43. The minimum absolute atomic E-state index is 0.00597. The van der Waals surface area contributed by atoms with Crippen molar-refractivity contribution in [1.29, 1.82) is 0 Å². The van der Waals surface area contributed by atoms with Gasteiger partial charge in [-0.3, -0.25) is 10.1 Å². The summed E-state index contributed by atoms with van der Waals surface area (Å²) in [5.74, 6) is -1.64. The van der Waals surface area contributed by atoms with Crippen LogP contribution in [0.25, 0.3) is 0 Å². The van der Waals surface area contributed by atoms with Crippen LogP contribution >= 0.6 is 11.6 Å². The predicted molar refractivity (Wildman–Crippen MR) is 86.4 cm³/mol. The van der Waals surface area contributed by atoms with E-state index in [4.69, 9.17) is 16.3 Å². The summed E-state index contributed by atoms with van der Waals surface area (Å²) in [6.45, 7) is 5.32. The normalized spacial score (nSPS) is 16.5. The van der Waals surface area contributed by atoms with Crippen molar-refractivity contribution in [3.63, 3.8) is 0 Å². The smallest absolute Gasteiger partial charge is 0.410 e. The molecule has 2 rings (SSSR count). The number of aliphatic carboxylic acids is 1. The Morgan fingerprint density at radius 1 is 1.42 bits per heavy atom. The first kappa shape index (κ1) is 18.5. The van der Waals surface area contributed by atoms with Crippen LogP contribution in [0.5, 0.6) is 0 Å². The fourth-order valence-electron chi connectivity index (χ4n) is 2.30. The number of rotatable bonds is 4. The molecule has 1 amide bonds. The maximum Gasteiger partial charge on any atom is 0.410 e. The molecule has 24 heavy (non-hydrogen) atoms. The third-order valence-electron chi connectivity index (χ3n) is 3.60. The van der Waals surface area contributed by atoms with E-state index in [9.17, 15) is 19.1 Å². The number of nitrogens with one attached hydrogen (secondary N) is 1. The number of nitrogens with zero attached hydrogens (tertiary/aromatic N) is 1. The quantitative estimate of drug-likeness (QED) is 0.865. The molecule has 1 heterocycles. The van der Waals surface area contributed by atoms with Crippen LogP contribution in [-0.4, -0.2) is 46.3 Å². The van der Waals surface area contributed by atoms with Crippen LogP contribution in [-0.2, 0) is 16.1 Å². The van der Waals surface area contributed by atoms with E-state index in [0.29, 0.717) is 5.56 Å². The molecule has 1 aromatic rings. The van der Waals surface area contributed by atoms with Crippen LogP contribution in [0.3, 0.4) is 0 Å². The van der Waals surface area contributed by atoms with Crippen LogP contribution in [0, 0.1) is 5.82 Å². The van der Waals surface area contributed by atoms with E-state index in [1.807, 2.05) is 0 Å². The number of carboxylic acid groups (broad SMARTS) is 1. The van der Waals surface area contributed by atoms with Gasteiger partial charge in [-0.1, -0.05) is 17.7 Å². The van der Waals surface area contributed by atoms with Gasteiger partial charge in [0, 0.05) is 6.54 Å². The molecule has 2 N–H and O–H groups in total. The first-order chi connectivity index (χ1) is 11.0. The number of benzene rings is 1. The minimum atomic E-state index is -1.27. The molecule has 8 heteroatoms. The summed E-state index contributed by atoms with van der Waals surface area (Å²) >= 11 is 5.62. The van der Waals surface area contributed by atoms with Gasteiger partial charge >= 0.3 is 12.1 Å². The number of ether oxygens (including phenoxy) is 1. The zero-order valence-corrected chi connectivity index (χ0v) is 14.5. The van der Waals surface area contributed by atoms with Gasteiger partial charge in [0.05, 0.1) is 18.1 Å². The van der Waals surface area contributed by atoms with Crippen LogP contribution in [0.1, 0.15) is 26.3 Å². The highest BCUT2D eigenvalue weighted by Gasteiger charge is 2.52. The molecule has 1 fully saturated rings. The van der Waals surface area contributed by atoms with Gasteiger partial charge in [-0.15, -0.1) is 0 Å². The molecule has 0 aliphatic carbocycles. The number of carbonyl (C=O) groups is 2. The topological polar surface area (TPSA) is 78.9 Å². The van der Waals surface area contributed by atoms with E-state index in [2.05, 4.69) is 5.32 Å². The number of carbonyl (C=O) groups excluding carboxylic acids is 1. The molecule has 0 saturated carbocycles. The van der Waals surface area contributed by atoms with Gasteiger partial charge in [-0.2, -0.15) is 0 Å². The lowest BCUT2D eigenvalue weighted by atomic mass is 9.90. The highest BCUT2D eigenvalue weighted by molar-refractivity contribution is 6.30. The van der Waals surface area contributed by atoms with Crippen LogP contribution in [0.4, 0.5) is 9.18 Å². The summed E-state index contributed by atoms with van der Waals surface area (Å²) in [6, 6.07) is 4.27. The third-order valence-corrected chi connectivity index (χ3v) is 3.90. The average molecular weight is 359 g/mol. The summed E-state index contributed by atoms with van der Waals surface area (Å²) in [5.41, 5.74) is -1.35. The molecular formula is C16H20ClFN2O4. The van der Waals surface area contributed by atoms with Crippen LogP contribution in [0.15, 0.2) is 18.2 Å². The van der Waals surface area contributed by atoms with Crippen molar-refractivity contribution >= 4 is 23.7 Å². The summed E-state index contributed by atoms with van der Waals surface area (Å²) < 4.78 is 18.6. The highest BCUT2D eigenvalue weighted by Crippen LogP contribution is 2.25. The lowest BCUT2D eigenvalue weighted by Crippen LogP contribution is -2.74. The Morgan fingerprint density at radius 2 is 2.04 bits per heavy atom. The molecule has 0 radical (unpaired) electrons. The van der Waals surface area contributed by atoms with Gasteiger partial charge in [0.1, 0.15) is 11.4 Å². The van der Waals surface area contributed by atoms with Gasteiger partial charge in [-0.05, 0) is 38.5 Å². The monoisotopic (exact) mass is 358 g/mol. The Kier molecular flexibility index (Phi) is 5.05. The van der Waals surface area contributed by atoms with E-state index in [0.717, 1.165) is 0 Å². The van der Waals surface area contributed by atoms with Gasteiger partial charge in [-0.25, -0.2) is 9.18 Å². The number of amides is 1.